The van der Waals surface area contributed by atoms with Crippen LogP contribution in [0.5, 0.6) is 0 Å². The highest BCUT2D eigenvalue weighted by molar-refractivity contribution is 9.10. The largest absolute Gasteiger partial charge is 0.378 e. The van der Waals surface area contributed by atoms with Gasteiger partial charge >= 0.3 is 0 Å². The van der Waals surface area contributed by atoms with Gasteiger partial charge in [-0.3, -0.25) is 4.68 Å². The molecule has 2 aromatic rings. The summed E-state index contributed by atoms with van der Waals surface area (Å²) in [6, 6.07) is 3.40. The number of nitrogens with one attached hydrogen (secondary N) is 1. The van der Waals surface area contributed by atoms with Crippen molar-refractivity contribution in [2.24, 2.45) is 7.05 Å². The van der Waals surface area contributed by atoms with Gasteiger partial charge in [0, 0.05) is 24.5 Å². The molecule has 3 nitrogen and oxygen atoms in total. The minimum absolute atomic E-state index is 0.120. The van der Waals surface area contributed by atoms with Gasteiger partial charge in [-0.15, -0.1) is 0 Å². The third-order valence-electron chi connectivity index (χ3n) is 2.86. The summed E-state index contributed by atoms with van der Waals surface area (Å²) in [4.78, 5) is 0. The lowest BCUT2D eigenvalue weighted by molar-refractivity contribution is 0.620. The molecule has 1 aromatic carbocycles. The van der Waals surface area contributed by atoms with Gasteiger partial charge in [0.15, 0.2) is 0 Å². The topological polar surface area (TPSA) is 29.9 Å². The Balaban J connectivity index is 2.21. The molecule has 0 aliphatic carbocycles. The predicted octanol–water partition coefficient (Wildman–Crippen LogP) is 3.80. The first-order chi connectivity index (χ1) is 8.47. The second-order valence-corrected chi connectivity index (χ2v) is 5.25. The van der Waals surface area contributed by atoms with Crippen LogP contribution in [-0.4, -0.2) is 9.78 Å². The standard InChI is InChI=1S/C13H15BrFN3/c1-8-4-12(15)11(14)5-13(8)17-9(2)10-6-16-18(3)7-10/h4-7,9,17H,1-3H3. The van der Waals surface area contributed by atoms with Gasteiger partial charge in [0.2, 0.25) is 0 Å². The van der Waals surface area contributed by atoms with E-state index in [-0.39, 0.29) is 11.9 Å². The zero-order valence-corrected chi connectivity index (χ0v) is 12.1. The number of hydrogen-bond donors (Lipinski definition) is 1. The second kappa shape index (κ2) is 5.10. The van der Waals surface area contributed by atoms with Crippen LogP contribution in [0.3, 0.4) is 0 Å². The minimum atomic E-state index is -0.243. The quantitative estimate of drug-likeness (QED) is 0.934. The number of rotatable bonds is 3. The van der Waals surface area contributed by atoms with E-state index in [0.29, 0.717) is 4.47 Å². The summed E-state index contributed by atoms with van der Waals surface area (Å²) in [6.45, 7) is 3.93. The normalized spacial score (nSPS) is 12.5. The van der Waals surface area contributed by atoms with Crippen molar-refractivity contribution in [1.29, 1.82) is 0 Å². The monoisotopic (exact) mass is 311 g/mol. The van der Waals surface area contributed by atoms with Crippen molar-refractivity contribution in [3.63, 3.8) is 0 Å². The average Bonchev–Trinajstić information content (AvgIpc) is 2.73. The third kappa shape index (κ3) is 2.72. The van der Waals surface area contributed by atoms with Crippen LogP contribution in [0.1, 0.15) is 24.1 Å². The molecule has 1 N–H and O–H groups in total. The van der Waals surface area contributed by atoms with E-state index in [1.54, 1.807) is 10.7 Å². The van der Waals surface area contributed by atoms with Crippen molar-refractivity contribution in [2.45, 2.75) is 19.9 Å². The van der Waals surface area contributed by atoms with Crippen molar-refractivity contribution < 1.29 is 4.39 Å². The molecule has 0 radical (unpaired) electrons. The average molecular weight is 312 g/mol. The molecular weight excluding hydrogens is 297 g/mol. The van der Waals surface area contributed by atoms with Gasteiger partial charge in [-0.2, -0.15) is 5.10 Å². The number of benzene rings is 1. The summed E-state index contributed by atoms with van der Waals surface area (Å²) in [5, 5.41) is 7.50. The van der Waals surface area contributed by atoms with Crippen molar-refractivity contribution in [3.8, 4) is 0 Å². The molecule has 2 rings (SSSR count). The smallest absolute Gasteiger partial charge is 0.137 e. The predicted molar refractivity (Wildman–Crippen MR) is 74.1 cm³/mol. The van der Waals surface area contributed by atoms with E-state index >= 15 is 0 Å². The minimum Gasteiger partial charge on any atom is -0.378 e. The summed E-state index contributed by atoms with van der Waals surface area (Å²) in [6.07, 6.45) is 3.79. The number of hydrogen-bond acceptors (Lipinski definition) is 2. The van der Waals surface area contributed by atoms with Crippen LogP contribution in [-0.2, 0) is 7.05 Å². The number of anilines is 1. The lowest BCUT2D eigenvalue weighted by Gasteiger charge is -2.16. The molecule has 0 spiro atoms. The molecule has 1 aromatic heterocycles. The Morgan fingerprint density at radius 3 is 2.78 bits per heavy atom. The molecule has 1 unspecified atom stereocenters. The number of halogens is 2. The summed E-state index contributed by atoms with van der Waals surface area (Å²) in [5.74, 6) is -0.243. The van der Waals surface area contributed by atoms with E-state index in [9.17, 15) is 4.39 Å². The maximum absolute atomic E-state index is 13.3. The summed E-state index contributed by atoms with van der Waals surface area (Å²) < 4.78 is 15.6. The van der Waals surface area contributed by atoms with Gasteiger partial charge in [-0.05, 0) is 47.5 Å². The zero-order valence-electron chi connectivity index (χ0n) is 10.5. The molecule has 0 saturated carbocycles. The molecule has 1 atom stereocenters. The van der Waals surface area contributed by atoms with Crippen LogP contribution in [0.2, 0.25) is 0 Å². The van der Waals surface area contributed by atoms with Gasteiger partial charge < -0.3 is 5.32 Å². The van der Waals surface area contributed by atoms with Gasteiger partial charge in [0.1, 0.15) is 5.82 Å². The molecule has 0 aliphatic rings. The Kier molecular flexibility index (Phi) is 3.71. The molecule has 0 bridgehead atoms. The fourth-order valence-electron chi connectivity index (χ4n) is 1.78. The van der Waals surface area contributed by atoms with E-state index in [1.807, 2.05) is 33.3 Å². The molecule has 96 valence electrons. The van der Waals surface area contributed by atoms with Crippen molar-refractivity contribution in [1.82, 2.24) is 9.78 Å². The number of nitrogens with zero attached hydrogens (tertiary/aromatic N) is 2. The van der Waals surface area contributed by atoms with E-state index in [1.165, 1.54) is 6.07 Å². The Bertz CT molecular complexity index is 565. The van der Waals surface area contributed by atoms with Crippen LogP contribution >= 0.6 is 15.9 Å². The van der Waals surface area contributed by atoms with E-state index in [0.717, 1.165) is 16.8 Å². The maximum atomic E-state index is 13.3. The molecule has 0 amide bonds. The zero-order chi connectivity index (χ0) is 13.3. The molecule has 0 saturated heterocycles. The van der Waals surface area contributed by atoms with Crippen LogP contribution in [0.4, 0.5) is 10.1 Å². The third-order valence-corrected chi connectivity index (χ3v) is 3.47. The first-order valence-electron chi connectivity index (χ1n) is 5.68. The first-order valence-corrected chi connectivity index (χ1v) is 6.47. The van der Waals surface area contributed by atoms with E-state index in [4.69, 9.17) is 0 Å². The van der Waals surface area contributed by atoms with Gasteiger partial charge in [0.05, 0.1) is 16.7 Å². The van der Waals surface area contributed by atoms with E-state index in [2.05, 4.69) is 26.3 Å². The Labute approximate surface area is 114 Å². The van der Waals surface area contributed by atoms with Gasteiger partial charge in [0.25, 0.3) is 0 Å². The lowest BCUT2D eigenvalue weighted by atomic mass is 10.1. The highest BCUT2D eigenvalue weighted by atomic mass is 79.9. The van der Waals surface area contributed by atoms with Crippen molar-refractivity contribution in [3.05, 3.63) is 45.9 Å². The molecule has 18 heavy (non-hydrogen) atoms. The molecule has 0 fully saturated rings. The Morgan fingerprint density at radius 2 is 2.17 bits per heavy atom. The fourth-order valence-corrected chi connectivity index (χ4v) is 2.13. The van der Waals surface area contributed by atoms with Crippen LogP contribution < -0.4 is 5.32 Å². The second-order valence-electron chi connectivity index (χ2n) is 4.39. The molecule has 1 heterocycles. The van der Waals surface area contributed by atoms with E-state index < -0.39 is 0 Å². The SMILES string of the molecule is Cc1cc(F)c(Br)cc1NC(C)c1cnn(C)c1. The Hall–Kier alpha value is -1.36. The number of aromatic nitrogens is 2. The summed E-state index contributed by atoms with van der Waals surface area (Å²) in [5.41, 5.74) is 2.89. The van der Waals surface area contributed by atoms with Crippen molar-refractivity contribution >= 4 is 21.6 Å². The molecule has 0 aliphatic heterocycles. The van der Waals surface area contributed by atoms with Gasteiger partial charge in [-0.25, -0.2) is 4.39 Å². The first kappa shape index (κ1) is 13.1. The fraction of sp³-hybridized carbons (Fsp3) is 0.308. The van der Waals surface area contributed by atoms with Gasteiger partial charge in [-0.1, -0.05) is 0 Å². The summed E-state index contributed by atoms with van der Waals surface area (Å²) >= 11 is 3.20. The highest BCUT2D eigenvalue weighted by Crippen LogP contribution is 2.27. The van der Waals surface area contributed by atoms with Crippen molar-refractivity contribution in [2.75, 3.05) is 5.32 Å². The van der Waals surface area contributed by atoms with Crippen LogP contribution in [0.25, 0.3) is 0 Å². The highest BCUT2D eigenvalue weighted by Gasteiger charge is 2.10. The number of aryl methyl sites for hydroxylation is 2. The molecule has 5 heteroatoms. The summed E-state index contributed by atoms with van der Waals surface area (Å²) in [7, 11) is 1.88. The maximum Gasteiger partial charge on any atom is 0.137 e. The van der Waals surface area contributed by atoms with Crippen LogP contribution in [0.15, 0.2) is 29.0 Å². The lowest BCUT2D eigenvalue weighted by Crippen LogP contribution is -2.07. The molecular formula is C13H15BrFN3. The Morgan fingerprint density at radius 1 is 1.44 bits per heavy atom. The van der Waals surface area contributed by atoms with Crippen LogP contribution in [0, 0.1) is 12.7 Å².